The normalized spacial score (nSPS) is 11.0. The first-order valence-corrected chi connectivity index (χ1v) is 11.5. The SMILES string of the molecule is Cc1cnccc1CN(C)C(=O)c1cnc(SCc2c(F)ccc(F)c2F)n1-c1ccc(F)cc1. The van der Waals surface area contributed by atoms with Crippen LogP contribution in [0.3, 0.4) is 0 Å². The summed E-state index contributed by atoms with van der Waals surface area (Å²) in [5.74, 6) is -4.43. The first-order valence-electron chi connectivity index (χ1n) is 10.5. The van der Waals surface area contributed by atoms with Crippen LogP contribution in [-0.2, 0) is 12.3 Å². The van der Waals surface area contributed by atoms with Gasteiger partial charge in [0.05, 0.1) is 6.20 Å². The number of benzene rings is 2. The fourth-order valence-corrected chi connectivity index (χ4v) is 4.47. The lowest BCUT2D eigenvalue weighted by Crippen LogP contribution is -2.28. The minimum Gasteiger partial charge on any atom is -0.336 e. The highest BCUT2D eigenvalue weighted by Crippen LogP contribution is 2.29. The summed E-state index contributed by atoms with van der Waals surface area (Å²) >= 11 is 0.925. The van der Waals surface area contributed by atoms with E-state index in [-0.39, 0.29) is 22.5 Å². The van der Waals surface area contributed by atoms with Crippen molar-refractivity contribution in [2.75, 3.05) is 7.05 Å². The third-order valence-electron chi connectivity index (χ3n) is 5.41. The van der Waals surface area contributed by atoms with Gasteiger partial charge in [-0.05, 0) is 60.5 Å². The first kappa shape index (κ1) is 24.5. The monoisotopic (exact) mass is 500 g/mol. The van der Waals surface area contributed by atoms with E-state index in [4.69, 9.17) is 0 Å². The van der Waals surface area contributed by atoms with E-state index in [1.807, 2.05) is 13.0 Å². The fraction of sp³-hybridized carbons (Fsp3) is 0.160. The van der Waals surface area contributed by atoms with E-state index < -0.39 is 28.8 Å². The number of imidazole rings is 1. The van der Waals surface area contributed by atoms with E-state index in [2.05, 4.69) is 9.97 Å². The molecular weight excluding hydrogens is 480 g/mol. The van der Waals surface area contributed by atoms with Crippen LogP contribution in [0.15, 0.2) is 66.2 Å². The summed E-state index contributed by atoms with van der Waals surface area (Å²) in [5.41, 5.74) is 2.00. The molecule has 10 heteroatoms. The molecule has 2 aromatic heterocycles. The molecule has 2 aromatic carbocycles. The molecule has 0 atom stereocenters. The molecule has 5 nitrogen and oxygen atoms in total. The Morgan fingerprint density at radius 3 is 2.43 bits per heavy atom. The van der Waals surface area contributed by atoms with E-state index in [0.717, 1.165) is 35.0 Å². The zero-order valence-corrected chi connectivity index (χ0v) is 19.6. The molecule has 0 saturated carbocycles. The summed E-state index contributed by atoms with van der Waals surface area (Å²) in [5, 5.41) is 0.233. The van der Waals surface area contributed by atoms with Gasteiger partial charge in [0, 0.05) is 43.0 Å². The average molecular weight is 501 g/mol. The van der Waals surface area contributed by atoms with E-state index in [0.29, 0.717) is 12.2 Å². The van der Waals surface area contributed by atoms with Gasteiger partial charge in [0.15, 0.2) is 16.8 Å². The summed E-state index contributed by atoms with van der Waals surface area (Å²) in [6.07, 6.45) is 4.70. The van der Waals surface area contributed by atoms with Gasteiger partial charge in [-0.1, -0.05) is 11.8 Å². The molecule has 0 unspecified atom stereocenters. The van der Waals surface area contributed by atoms with Crippen molar-refractivity contribution in [3.63, 3.8) is 0 Å². The third kappa shape index (κ3) is 5.22. The third-order valence-corrected chi connectivity index (χ3v) is 6.39. The zero-order chi connectivity index (χ0) is 25.1. The molecule has 180 valence electrons. The zero-order valence-electron chi connectivity index (χ0n) is 18.8. The number of hydrogen-bond donors (Lipinski definition) is 0. The Morgan fingerprint density at radius 2 is 1.71 bits per heavy atom. The summed E-state index contributed by atoms with van der Waals surface area (Å²) < 4.78 is 56.9. The number of pyridine rings is 1. The smallest absolute Gasteiger partial charge is 0.272 e. The van der Waals surface area contributed by atoms with E-state index in [1.54, 1.807) is 19.4 Å². The Kier molecular flexibility index (Phi) is 7.20. The van der Waals surface area contributed by atoms with Crippen molar-refractivity contribution in [3.05, 3.63) is 107 Å². The number of nitrogens with zero attached hydrogens (tertiary/aromatic N) is 4. The van der Waals surface area contributed by atoms with Crippen LogP contribution in [0.5, 0.6) is 0 Å². The minimum atomic E-state index is -1.28. The maximum absolute atomic E-state index is 14.1. The Labute approximate surface area is 203 Å². The summed E-state index contributed by atoms with van der Waals surface area (Å²) in [6, 6.07) is 8.78. The molecule has 0 aliphatic rings. The standard InChI is InChI=1S/C25H20F4N4OS/c1-15-11-30-10-9-16(15)13-32(2)24(34)22-12-31-25(33(22)18-5-3-17(26)4-6-18)35-14-19-20(27)7-8-21(28)23(19)29/h3-12H,13-14H2,1-2H3. The molecule has 35 heavy (non-hydrogen) atoms. The number of aryl methyl sites for hydroxylation is 1. The van der Waals surface area contributed by atoms with Gasteiger partial charge >= 0.3 is 0 Å². The molecule has 0 bridgehead atoms. The van der Waals surface area contributed by atoms with Crippen LogP contribution in [0.25, 0.3) is 5.69 Å². The second kappa shape index (κ2) is 10.3. The Balaban J connectivity index is 1.68. The lowest BCUT2D eigenvalue weighted by Gasteiger charge is -2.20. The minimum absolute atomic E-state index is 0.175. The number of hydrogen-bond acceptors (Lipinski definition) is 4. The molecule has 2 heterocycles. The van der Waals surface area contributed by atoms with Gasteiger partial charge in [-0.3, -0.25) is 14.3 Å². The number of rotatable bonds is 7. The van der Waals surface area contributed by atoms with Crippen molar-refractivity contribution >= 4 is 17.7 Å². The first-order chi connectivity index (χ1) is 16.8. The molecule has 0 spiro atoms. The Bertz CT molecular complexity index is 1370. The largest absolute Gasteiger partial charge is 0.336 e. The number of carbonyl (C=O) groups excluding carboxylic acids is 1. The van der Waals surface area contributed by atoms with Crippen molar-refractivity contribution in [3.8, 4) is 5.69 Å². The molecular formula is C25H20F4N4OS. The Morgan fingerprint density at radius 1 is 1.00 bits per heavy atom. The van der Waals surface area contributed by atoms with Crippen LogP contribution in [0.2, 0.25) is 0 Å². The van der Waals surface area contributed by atoms with E-state index >= 15 is 0 Å². The maximum Gasteiger partial charge on any atom is 0.272 e. The topological polar surface area (TPSA) is 51.0 Å². The van der Waals surface area contributed by atoms with Gasteiger partial charge in [0.1, 0.15) is 17.3 Å². The van der Waals surface area contributed by atoms with Crippen molar-refractivity contribution < 1.29 is 22.4 Å². The number of amides is 1. The quantitative estimate of drug-likeness (QED) is 0.186. The predicted molar refractivity (Wildman–Crippen MR) is 124 cm³/mol. The molecule has 0 saturated heterocycles. The van der Waals surface area contributed by atoms with Crippen LogP contribution >= 0.6 is 11.8 Å². The van der Waals surface area contributed by atoms with Gasteiger partial charge in [-0.15, -0.1) is 0 Å². The second-order valence-corrected chi connectivity index (χ2v) is 8.75. The van der Waals surface area contributed by atoms with Gasteiger partial charge in [-0.25, -0.2) is 22.5 Å². The van der Waals surface area contributed by atoms with Crippen LogP contribution in [0, 0.1) is 30.2 Å². The highest BCUT2D eigenvalue weighted by Gasteiger charge is 2.23. The van der Waals surface area contributed by atoms with Crippen LogP contribution in [0.4, 0.5) is 17.6 Å². The van der Waals surface area contributed by atoms with E-state index in [9.17, 15) is 22.4 Å². The lowest BCUT2D eigenvalue weighted by molar-refractivity contribution is 0.0776. The van der Waals surface area contributed by atoms with Crippen molar-refractivity contribution in [2.45, 2.75) is 24.4 Å². The van der Waals surface area contributed by atoms with Gasteiger partial charge < -0.3 is 4.90 Å². The second-order valence-electron chi connectivity index (χ2n) is 7.81. The summed E-state index contributed by atoms with van der Waals surface area (Å²) in [6.45, 7) is 2.20. The maximum atomic E-state index is 14.1. The molecule has 0 aliphatic heterocycles. The van der Waals surface area contributed by atoms with Crippen LogP contribution in [-0.4, -0.2) is 32.4 Å². The summed E-state index contributed by atoms with van der Waals surface area (Å²) in [7, 11) is 1.63. The highest BCUT2D eigenvalue weighted by atomic mass is 32.2. The van der Waals surface area contributed by atoms with Crippen LogP contribution in [0.1, 0.15) is 27.2 Å². The molecule has 4 aromatic rings. The number of halogens is 4. The van der Waals surface area contributed by atoms with Gasteiger partial charge in [0.25, 0.3) is 5.91 Å². The van der Waals surface area contributed by atoms with Crippen molar-refractivity contribution in [2.24, 2.45) is 0 Å². The highest BCUT2D eigenvalue weighted by molar-refractivity contribution is 7.98. The summed E-state index contributed by atoms with van der Waals surface area (Å²) in [4.78, 5) is 23.2. The average Bonchev–Trinajstić information content (AvgIpc) is 3.26. The lowest BCUT2D eigenvalue weighted by atomic mass is 10.1. The van der Waals surface area contributed by atoms with Crippen molar-refractivity contribution in [1.29, 1.82) is 0 Å². The molecule has 4 rings (SSSR count). The Hall–Kier alpha value is -3.66. The molecule has 0 fully saturated rings. The predicted octanol–water partition coefficient (Wildman–Crippen LogP) is 5.70. The fourth-order valence-electron chi connectivity index (χ4n) is 3.47. The van der Waals surface area contributed by atoms with E-state index in [1.165, 1.54) is 39.9 Å². The molecule has 0 N–H and O–H groups in total. The van der Waals surface area contributed by atoms with Crippen LogP contribution < -0.4 is 0 Å². The van der Waals surface area contributed by atoms with Gasteiger partial charge in [0.2, 0.25) is 0 Å². The molecule has 0 radical (unpaired) electrons. The molecule has 1 amide bonds. The number of carbonyl (C=O) groups is 1. The van der Waals surface area contributed by atoms with Gasteiger partial charge in [-0.2, -0.15) is 0 Å². The van der Waals surface area contributed by atoms with Crippen molar-refractivity contribution in [1.82, 2.24) is 19.4 Å². The number of aromatic nitrogens is 3. The number of thioether (sulfide) groups is 1. The molecule has 0 aliphatic carbocycles.